The van der Waals surface area contributed by atoms with Gasteiger partial charge in [-0.15, -0.1) is 0 Å². The first kappa shape index (κ1) is 14.4. The summed E-state index contributed by atoms with van der Waals surface area (Å²) in [4.78, 5) is 21.2. The molecule has 0 aliphatic rings. The van der Waals surface area contributed by atoms with Crippen LogP contribution in [0.4, 0.5) is 0 Å². The van der Waals surface area contributed by atoms with Gasteiger partial charge in [-0.25, -0.2) is 0 Å². The van der Waals surface area contributed by atoms with Crippen LogP contribution in [0.3, 0.4) is 0 Å². The Morgan fingerprint density at radius 1 is 1.44 bits per heavy atom. The van der Waals surface area contributed by atoms with E-state index in [1.165, 1.54) is 12.3 Å². The minimum atomic E-state index is -0.907. The number of carboxylic acid groups (broad SMARTS) is 1. The summed E-state index contributed by atoms with van der Waals surface area (Å²) in [5, 5.41) is 10.9. The number of carbonyl (C=O) groups is 2. The Hall–Kier alpha value is -1.56. The number of nitrogens with two attached hydrogens (primary N) is 1. The van der Waals surface area contributed by atoms with Gasteiger partial charge in [0.05, 0.1) is 19.2 Å². The van der Waals surface area contributed by atoms with Crippen molar-refractivity contribution < 1.29 is 19.4 Å². The number of carboxylic acids is 1. The van der Waals surface area contributed by atoms with Gasteiger partial charge in [0.2, 0.25) is 5.91 Å². The molecule has 0 radical (unpaired) electrons. The molecular weight excluding hydrogens is 212 g/mol. The maximum Gasteiger partial charge on any atom is 0.307 e. The van der Waals surface area contributed by atoms with E-state index in [4.69, 9.17) is 15.6 Å². The molecule has 0 atom stereocenters. The van der Waals surface area contributed by atoms with Crippen LogP contribution >= 0.6 is 0 Å². The smallest absolute Gasteiger partial charge is 0.307 e. The van der Waals surface area contributed by atoms with E-state index in [0.717, 1.165) is 0 Å². The van der Waals surface area contributed by atoms with E-state index in [9.17, 15) is 9.59 Å². The zero-order chi connectivity index (χ0) is 12.2. The van der Waals surface area contributed by atoms with Crippen molar-refractivity contribution in [3.8, 4) is 0 Å². The van der Waals surface area contributed by atoms with E-state index in [1.807, 2.05) is 0 Å². The van der Waals surface area contributed by atoms with Crippen LogP contribution in [-0.2, 0) is 14.3 Å². The molecule has 0 aliphatic carbocycles. The quantitative estimate of drug-likeness (QED) is 0.377. The zero-order valence-corrected chi connectivity index (χ0v) is 9.15. The van der Waals surface area contributed by atoms with Crippen LogP contribution in [0.5, 0.6) is 0 Å². The number of aliphatic carboxylic acids is 1. The van der Waals surface area contributed by atoms with Crippen molar-refractivity contribution in [2.75, 3.05) is 19.7 Å². The van der Waals surface area contributed by atoms with E-state index < -0.39 is 5.97 Å². The summed E-state index contributed by atoms with van der Waals surface area (Å²) < 4.78 is 4.96. The summed E-state index contributed by atoms with van der Waals surface area (Å²) in [6, 6.07) is 0. The van der Waals surface area contributed by atoms with E-state index in [0.29, 0.717) is 32.5 Å². The van der Waals surface area contributed by atoms with Crippen molar-refractivity contribution in [3.63, 3.8) is 0 Å². The molecule has 0 spiro atoms. The second-order valence-electron chi connectivity index (χ2n) is 3.08. The maximum atomic E-state index is 11.1. The predicted molar refractivity (Wildman–Crippen MR) is 58.6 cm³/mol. The van der Waals surface area contributed by atoms with Crippen LogP contribution in [0, 0.1) is 0 Å². The molecule has 1 amide bonds. The highest BCUT2D eigenvalue weighted by Gasteiger charge is 1.98. The molecule has 0 aromatic heterocycles. The molecule has 0 unspecified atom stereocenters. The van der Waals surface area contributed by atoms with Gasteiger partial charge in [0, 0.05) is 6.42 Å². The van der Waals surface area contributed by atoms with Crippen LogP contribution < -0.4 is 11.1 Å². The molecule has 0 rings (SSSR count). The van der Waals surface area contributed by atoms with Crippen LogP contribution in [0.1, 0.15) is 19.3 Å². The molecule has 0 saturated heterocycles. The van der Waals surface area contributed by atoms with Crippen molar-refractivity contribution in [2.24, 2.45) is 5.73 Å². The van der Waals surface area contributed by atoms with Gasteiger partial charge in [-0.05, 0) is 19.0 Å². The van der Waals surface area contributed by atoms with Crippen molar-refractivity contribution in [2.45, 2.75) is 19.3 Å². The number of carbonyl (C=O) groups excluding carboxylic acids is 1. The molecule has 0 heterocycles. The van der Waals surface area contributed by atoms with Crippen molar-refractivity contribution in [1.29, 1.82) is 0 Å². The minimum Gasteiger partial charge on any atom is -0.500 e. The highest BCUT2D eigenvalue weighted by atomic mass is 16.5. The van der Waals surface area contributed by atoms with E-state index in [-0.39, 0.29) is 12.3 Å². The van der Waals surface area contributed by atoms with E-state index >= 15 is 0 Å². The van der Waals surface area contributed by atoms with Gasteiger partial charge in [0.25, 0.3) is 0 Å². The van der Waals surface area contributed by atoms with E-state index in [2.05, 4.69) is 5.32 Å². The van der Waals surface area contributed by atoms with Gasteiger partial charge in [-0.1, -0.05) is 0 Å². The molecule has 0 aliphatic heterocycles. The van der Waals surface area contributed by atoms with Gasteiger partial charge in [0.15, 0.2) is 0 Å². The van der Waals surface area contributed by atoms with Crippen molar-refractivity contribution in [3.05, 3.63) is 12.3 Å². The molecule has 6 nitrogen and oxygen atoms in total. The Kier molecular flexibility index (Phi) is 9.00. The molecule has 0 bridgehead atoms. The fourth-order valence-corrected chi connectivity index (χ4v) is 0.885. The average molecular weight is 230 g/mol. The number of amides is 1. The Morgan fingerprint density at radius 2 is 2.19 bits per heavy atom. The van der Waals surface area contributed by atoms with Gasteiger partial charge >= 0.3 is 5.97 Å². The van der Waals surface area contributed by atoms with E-state index in [1.54, 1.807) is 0 Å². The Morgan fingerprint density at radius 3 is 2.81 bits per heavy atom. The summed E-state index contributed by atoms with van der Waals surface area (Å²) in [6.45, 7) is 1.23. The van der Waals surface area contributed by atoms with Crippen LogP contribution in [0.25, 0.3) is 0 Å². The predicted octanol–water partition coefficient (Wildman–Crippen LogP) is -0.154. The lowest BCUT2D eigenvalue weighted by atomic mass is 10.3. The second-order valence-corrected chi connectivity index (χ2v) is 3.08. The molecule has 0 saturated carbocycles. The summed E-state index contributed by atoms with van der Waals surface area (Å²) in [6.07, 6.45) is 3.75. The lowest BCUT2D eigenvalue weighted by Gasteiger charge is -2.03. The molecule has 4 N–H and O–H groups in total. The lowest BCUT2D eigenvalue weighted by molar-refractivity contribution is -0.136. The molecule has 0 aromatic carbocycles. The number of hydrogen-bond acceptors (Lipinski definition) is 4. The van der Waals surface area contributed by atoms with Crippen LogP contribution in [-0.4, -0.2) is 36.7 Å². The summed E-state index contributed by atoms with van der Waals surface area (Å²) in [5.41, 5.74) is 5.25. The molecular formula is C10H18N2O4. The number of ether oxygens (including phenoxy) is 1. The van der Waals surface area contributed by atoms with Gasteiger partial charge in [-0.2, -0.15) is 0 Å². The number of hydrogen-bond donors (Lipinski definition) is 3. The standard InChI is InChI=1S/C10H18N2O4/c11-5-1-3-9(13)12-6-8-16-7-2-4-10(14)15/h2,7H,1,3-6,8,11H2,(H,12,13)(H,14,15)/b7-2+. The first-order chi connectivity index (χ1) is 7.66. The van der Waals surface area contributed by atoms with Crippen molar-refractivity contribution in [1.82, 2.24) is 5.32 Å². The molecule has 0 fully saturated rings. The van der Waals surface area contributed by atoms with Crippen LogP contribution in [0.2, 0.25) is 0 Å². The van der Waals surface area contributed by atoms with Crippen molar-refractivity contribution >= 4 is 11.9 Å². The Balaban J connectivity index is 3.29. The Bertz CT molecular complexity index is 241. The third-order valence-corrected chi connectivity index (χ3v) is 1.63. The fourth-order valence-electron chi connectivity index (χ4n) is 0.885. The molecule has 0 aromatic rings. The first-order valence-electron chi connectivity index (χ1n) is 5.12. The normalized spacial score (nSPS) is 10.3. The number of nitrogens with one attached hydrogen (secondary N) is 1. The molecule has 92 valence electrons. The minimum absolute atomic E-state index is 0.0523. The monoisotopic (exact) mass is 230 g/mol. The average Bonchev–Trinajstić information content (AvgIpc) is 2.24. The fraction of sp³-hybridized carbons (Fsp3) is 0.600. The second kappa shape index (κ2) is 9.97. The SMILES string of the molecule is NCCCC(=O)NCCO/C=C/CC(=O)O. The summed E-state index contributed by atoms with van der Waals surface area (Å²) >= 11 is 0. The van der Waals surface area contributed by atoms with Crippen LogP contribution in [0.15, 0.2) is 12.3 Å². The number of rotatable bonds is 9. The third kappa shape index (κ3) is 10.5. The van der Waals surface area contributed by atoms with Gasteiger partial charge in [-0.3, -0.25) is 9.59 Å². The van der Waals surface area contributed by atoms with Gasteiger partial charge < -0.3 is 20.9 Å². The zero-order valence-electron chi connectivity index (χ0n) is 9.15. The topological polar surface area (TPSA) is 102 Å². The Labute approximate surface area is 94.5 Å². The lowest BCUT2D eigenvalue weighted by Crippen LogP contribution is -2.27. The molecule has 16 heavy (non-hydrogen) atoms. The summed E-state index contributed by atoms with van der Waals surface area (Å²) in [5.74, 6) is -0.960. The van der Waals surface area contributed by atoms with Gasteiger partial charge in [0.1, 0.15) is 6.61 Å². The highest BCUT2D eigenvalue weighted by Crippen LogP contribution is 1.86. The third-order valence-electron chi connectivity index (χ3n) is 1.63. The molecule has 6 heteroatoms. The summed E-state index contributed by atoms with van der Waals surface area (Å²) in [7, 11) is 0. The maximum absolute atomic E-state index is 11.1. The first-order valence-corrected chi connectivity index (χ1v) is 5.12. The largest absolute Gasteiger partial charge is 0.500 e. The highest BCUT2D eigenvalue weighted by molar-refractivity contribution is 5.75.